The van der Waals surface area contributed by atoms with Crippen LogP contribution in [-0.2, 0) is 11.8 Å². The highest BCUT2D eigenvalue weighted by molar-refractivity contribution is 7.09. The van der Waals surface area contributed by atoms with E-state index >= 15 is 0 Å². The van der Waals surface area contributed by atoms with Gasteiger partial charge in [0.25, 0.3) is 0 Å². The van der Waals surface area contributed by atoms with Crippen LogP contribution in [0.15, 0.2) is 23.7 Å². The standard InChI is InChI=1S/C14H19ClN4S/c1-14(2,3)11-8-20-12(18-11)7-10(19-16)13-9(15)5-4-6-17-13/h4-6,8,10,19H,7,16H2,1-3H3. The lowest BCUT2D eigenvalue weighted by atomic mass is 9.93. The number of nitrogens with one attached hydrogen (secondary N) is 1. The van der Waals surface area contributed by atoms with Crippen LogP contribution in [0.2, 0.25) is 5.02 Å². The van der Waals surface area contributed by atoms with Crippen LogP contribution in [0.4, 0.5) is 0 Å². The number of halogens is 1. The monoisotopic (exact) mass is 310 g/mol. The molecule has 0 aliphatic rings. The SMILES string of the molecule is CC(C)(C)c1csc(CC(NN)c2ncccc2Cl)n1. The molecular formula is C14H19ClN4S. The van der Waals surface area contributed by atoms with Gasteiger partial charge in [-0.3, -0.25) is 16.3 Å². The van der Waals surface area contributed by atoms with Crippen molar-refractivity contribution in [2.24, 2.45) is 5.84 Å². The molecule has 1 unspecified atom stereocenters. The Morgan fingerprint density at radius 3 is 2.75 bits per heavy atom. The first kappa shape index (κ1) is 15.4. The van der Waals surface area contributed by atoms with Gasteiger partial charge in [0, 0.05) is 23.4 Å². The van der Waals surface area contributed by atoms with E-state index in [1.54, 1.807) is 23.6 Å². The van der Waals surface area contributed by atoms with Gasteiger partial charge in [0.15, 0.2) is 0 Å². The Morgan fingerprint density at radius 2 is 2.20 bits per heavy atom. The molecule has 1 atom stereocenters. The van der Waals surface area contributed by atoms with E-state index < -0.39 is 0 Å². The van der Waals surface area contributed by atoms with Gasteiger partial charge < -0.3 is 0 Å². The summed E-state index contributed by atoms with van der Waals surface area (Å²) in [6.45, 7) is 6.46. The van der Waals surface area contributed by atoms with E-state index in [9.17, 15) is 0 Å². The Labute approximate surface area is 128 Å². The first-order chi connectivity index (χ1) is 9.41. The van der Waals surface area contributed by atoms with Crippen molar-refractivity contribution in [3.05, 3.63) is 45.1 Å². The zero-order valence-corrected chi connectivity index (χ0v) is 13.4. The first-order valence-electron chi connectivity index (χ1n) is 6.43. The molecule has 0 spiro atoms. The number of hydrazine groups is 1. The van der Waals surface area contributed by atoms with E-state index in [1.807, 2.05) is 6.07 Å². The molecule has 4 nitrogen and oxygen atoms in total. The predicted molar refractivity (Wildman–Crippen MR) is 83.8 cm³/mol. The molecule has 0 fully saturated rings. The maximum Gasteiger partial charge on any atom is 0.0948 e. The maximum atomic E-state index is 6.17. The molecule has 3 N–H and O–H groups in total. The van der Waals surface area contributed by atoms with E-state index in [2.05, 4.69) is 41.5 Å². The van der Waals surface area contributed by atoms with Crippen LogP contribution in [0.5, 0.6) is 0 Å². The minimum absolute atomic E-state index is 0.0586. The average molecular weight is 311 g/mol. The summed E-state index contributed by atoms with van der Waals surface area (Å²) in [6, 6.07) is 3.49. The van der Waals surface area contributed by atoms with Gasteiger partial charge in [-0.05, 0) is 12.1 Å². The van der Waals surface area contributed by atoms with Crippen LogP contribution in [0, 0.1) is 0 Å². The van der Waals surface area contributed by atoms with Gasteiger partial charge in [0.2, 0.25) is 0 Å². The highest BCUT2D eigenvalue weighted by Crippen LogP contribution is 2.27. The highest BCUT2D eigenvalue weighted by atomic mass is 35.5. The molecular weight excluding hydrogens is 292 g/mol. The predicted octanol–water partition coefficient (Wildman–Crippen LogP) is 3.24. The van der Waals surface area contributed by atoms with Crippen molar-refractivity contribution in [2.45, 2.75) is 38.6 Å². The van der Waals surface area contributed by atoms with Crippen LogP contribution >= 0.6 is 22.9 Å². The van der Waals surface area contributed by atoms with Crippen molar-refractivity contribution in [1.29, 1.82) is 0 Å². The largest absolute Gasteiger partial charge is 0.271 e. The van der Waals surface area contributed by atoms with Gasteiger partial charge in [-0.15, -0.1) is 11.3 Å². The second kappa shape index (κ2) is 6.18. The molecule has 0 radical (unpaired) electrons. The Kier molecular flexibility index (Phi) is 4.75. The quantitative estimate of drug-likeness (QED) is 0.672. The fourth-order valence-corrected chi connectivity index (χ4v) is 3.13. The fourth-order valence-electron chi connectivity index (χ4n) is 1.81. The van der Waals surface area contributed by atoms with E-state index in [4.69, 9.17) is 17.4 Å². The van der Waals surface area contributed by atoms with Gasteiger partial charge in [0.1, 0.15) is 0 Å². The van der Waals surface area contributed by atoms with Crippen LogP contribution < -0.4 is 11.3 Å². The summed E-state index contributed by atoms with van der Waals surface area (Å²) in [5, 5.41) is 3.74. The number of thiazole rings is 1. The first-order valence-corrected chi connectivity index (χ1v) is 7.69. The molecule has 2 aromatic heterocycles. The average Bonchev–Trinajstić information content (AvgIpc) is 2.85. The third kappa shape index (κ3) is 3.55. The highest BCUT2D eigenvalue weighted by Gasteiger charge is 2.20. The number of aromatic nitrogens is 2. The van der Waals surface area contributed by atoms with Crippen molar-refractivity contribution in [2.75, 3.05) is 0 Å². The Hall–Kier alpha value is -1.01. The molecule has 2 aromatic rings. The second-order valence-electron chi connectivity index (χ2n) is 5.67. The molecule has 2 rings (SSSR count). The zero-order valence-electron chi connectivity index (χ0n) is 11.9. The van der Waals surface area contributed by atoms with Crippen molar-refractivity contribution in [3.8, 4) is 0 Å². The van der Waals surface area contributed by atoms with Crippen molar-refractivity contribution >= 4 is 22.9 Å². The summed E-state index contributed by atoms with van der Waals surface area (Å²) in [6.07, 6.45) is 2.39. The van der Waals surface area contributed by atoms with E-state index in [1.165, 1.54) is 0 Å². The molecule has 0 aromatic carbocycles. The van der Waals surface area contributed by atoms with Crippen molar-refractivity contribution < 1.29 is 0 Å². The van der Waals surface area contributed by atoms with Crippen molar-refractivity contribution in [3.63, 3.8) is 0 Å². The minimum atomic E-state index is -0.136. The maximum absolute atomic E-state index is 6.17. The smallest absolute Gasteiger partial charge is 0.0948 e. The Morgan fingerprint density at radius 1 is 1.45 bits per heavy atom. The van der Waals surface area contributed by atoms with Gasteiger partial charge in [-0.25, -0.2) is 4.98 Å². The molecule has 0 saturated heterocycles. The number of hydrogen-bond acceptors (Lipinski definition) is 5. The Bertz CT molecular complexity index is 577. The molecule has 20 heavy (non-hydrogen) atoms. The zero-order chi connectivity index (χ0) is 14.8. The van der Waals surface area contributed by atoms with Crippen LogP contribution in [0.1, 0.15) is 43.2 Å². The molecule has 0 saturated carbocycles. The van der Waals surface area contributed by atoms with Gasteiger partial charge >= 0.3 is 0 Å². The summed E-state index contributed by atoms with van der Waals surface area (Å²) in [5.74, 6) is 5.64. The lowest BCUT2D eigenvalue weighted by molar-refractivity contribution is 0.531. The number of nitrogens with zero attached hydrogens (tertiary/aromatic N) is 2. The van der Waals surface area contributed by atoms with E-state index in [0.29, 0.717) is 11.4 Å². The van der Waals surface area contributed by atoms with Crippen molar-refractivity contribution in [1.82, 2.24) is 15.4 Å². The normalized spacial score (nSPS) is 13.4. The molecule has 2 heterocycles. The molecule has 6 heteroatoms. The third-order valence-electron chi connectivity index (χ3n) is 3.02. The summed E-state index contributed by atoms with van der Waals surface area (Å²) < 4.78 is 0. The summed E-state index contributed by atoms with van der Waals surface area (Å²) in [7, 11) is 0. The molecule has 0 aliphatic heterocycles. The number of rotatable bonds is 4. The number of hydrogen-bond donors (Lipinski definition) is 2. The molecule has 108 valence electrons. The topological polar surface area (TPSA) is 63.8 Å². The van der Waals surface area contributed by atoms with Gasteiger partial charge in [-0.1, -0.05) is 32.4 Å². The summed E-state index contributed by atoms with van der Waals surface area (Å²) in [4.78, 5) is 8.98. The fraction of sp³-hybridized carbons (Fsp3) is 0.429. The van der Waals surface area contributed by atoms with Gasteiger partial charge in [-0.2, -0.15) is 0 Å². The molecule has 0 aliphatic carbocycles. The minimum Gasteiger partial charge on any atom is -0.271 e. The van der Waals surface area contributed by atoms with E-state index in [-0.39, 0.29) is 11.5 Å². The lowest BCUT2D eigenvalue weighted by Gasteiger charge is -2.16. The van der Waals surface area contributed by atoms with Crippen LogP contribution in [0.25, 0.3) is 0 Å². The second-order valence-corrected chi connectivity index (χ2v) is 7.02. The summed E-state index contributed by atoms with van der Waals surface area (Å²) in [5.41, 5.74) is 4.69. The van der Waals surface area contributed by atoms with Crippen LogP contribution in [-0.4, -0.2) is 9.97 Å². The lowest BCUT2D eigenvalue weighted by Crippen LogP contribution is -2.30. The summed E-state index contributed by atoms with van der Waals surface area (Å²) >= 11 is 7.81. The number of nitrogens with two attached hydrogens (primary N) is 1. The van der Waals surface area contributed by atoms with E-state index in [0.717, 1.165) is 16.4 Å². The number of pyridine rings is 1. The molecule has 0 amide bonds. The van der Waals surface area contributed by atoms with Crippen LogP contribution in [0.3, 0.4) is 0 Å². The van der Waals surface area contributed by atoms with Gasteiger partial charge in [0.05, 0.1) is 27.5 Å². The Balaban J connectivity index is 2.19. The molecule has 0 bridgehead atoms. The third-order valence-corrected chi connectivity index (χ3v) is 4.21.